The van der Waals surface area contributed by atoms with Crippen LogP contribution in [0.15, 0.2) is 66.3 Å². The summed E-state index contributed by atoms with van der Waals surface area (Å²) in [6.07, 6.45) is 4.05. The van der Waals surface area contributed by atoms with Gasteiger partial charge in [-0.1, -0.05) is 71.9 Å². The zero-order valence-corrected chi connectivity index (χ0v) is 38.6. The van der Waals surface area contributed by atoms with Crippen molar-refractivity contribution in [3.05, 3.63) is 94.3 Å². The molecule has 2 aromatic carbocycles. The number of piperazine rings is 1. The van der Waals surface area contributed by atoms with E-state index in [1.807, 2.05) is 80.9 Å². The molecule has 334 valence electrons. The Morgan fingerprint density at radius 3 is 2.38 bits per heavy atom. The molecule has 0 spiro atoms. The van der Waals surface area contributed by atoms with E-state index in [1.165, 1.54) is 0 Å². The van der Waals surface area contributed by atoms with Crippen LogP contribution in [0.25, 0.3) is 10.4 Å². The maximum Gasteiger partial charge on any atom is 0.255 e. The van der Waals surface area contributed by atoms with Crippen molar-refractivity contribution in [2.24, 2.45) is 16.7 Å². The Bertz CT molecular complexity index is 2320. The Balaban J connectivity index is 0.864. The summed E-state index contributed by atoms with van der Waals surface area (Å²) in [7, 11) is 0. The second-order valence-electron chi connectivity index (χ2n) is 19.4. The van der Waals surface area contributed by atoms with Gasteiger partial charge in [-0.3, -0.25) is 24.1 Å². The molecule has 0 bridgehead atoms. The van der Waals surface area contributed by atoms with Gasteiger partial charge in [-0.25, -0.2) is 9.97 Å². The van der Waals surface area contributed by atoms with E-state index in [-0.39, 0.29) is 53.0 Å². The summed E-state index contributed by atoms with van der Waals surface area (Å²) in [5.41, 5.74) is 6.94. The van der Waals surface area contributed by atoms with Crippen LogP contribution < -0.4 is 20.3 Å². The summed E-state index contributed by atoms with van der Waals surface area (Å²) in [6, 6.07) is 16.3. The number of carbonyl (C=O) groups is 4. The Morgan fingerprint density at radius 2 is 1.71 bits per heavy atom. The predicted octanol–water partition coefficient (Wildman–Crippen LogP) is 6.56. The summed E-state index contributed by atoms with van der Waals surface area (Å²) < 4.78 is 6.52. The highest BCUT2D eigenvalue weighted by atomic mass is 32.1. The molecule has 2 atom stereocenters. The fourth-order valence-corrected chi connectivity index (χ4v) is 11.5. The average molecular weight is 875 g/mol. The van der Waals surface area contributed by atoms with E-state index in [1.54, 1.807) is 27.3 Å². The van der Waals surface area contributed by atoms with E-state index < -0.39 is 12.1 Å². The van der Waals surface area contributed by atoms with Crippen LogP contribution in [-0.4, -0.2) is 112 Å². The topological polar surface area (TPSA) is 140 Å². The van der Waals surface area contributed by atoms with Crippen LogP contribution in [0, 0.1) is 23.7 Å². The number of likely N-dealkylation sites (tertiary alicyclic amines) is 1. The molecule has 3 aliphatic heterocycles. The van der Waals surface area contributed by atoms with Crippen LogP contribution in [0.2, 0.25) is 0 Å². The predicted molar refractivity (Wildman–Crippen MR) is 246 cm³/mol. The van der Waals surface area contributed by atoms with Crippen LogP contribution in [0.1, 0.15) is 98.3 Å². The first kappa shape index (κ1) is 44.3. The van der Waals surface area contributed by atoms with Gasteiger partial charge in [0.1, 0.15) is 30.3 Å². The van der Waals surface area contributed by atoms with Gasteiger partial charge in [-0.15, -0.1) is 11.3 Å². The standard InChI is InChI=1S/C49H62N8O5S/c1-31(2)41(57-28-36-11-8-9-12-37(36)45(57)60)46(61)56-18-10-13-38(56)44(59)51-26-34-15-14-33(42-32(3)52-30-63-42)25-39(34)62-24-23-54-19-21-55(22-20-54)40-17-16-35(27-50-40)43(58)53-47-48(4,5)29-49(47,6)7/h8-9,11-12,14-17,25,27,30-31,38,41,47H,10,13,18-24,26,28-29H2,1-7H3,(H,51,59)(H,53,58)/t38-,41-/m0/s1. The Labute approximate surface area is 375 Å². The zero-order valence-electron chi connectivity index (χ0n) is 37.8. The highest BCUT2D eigenvalue weighted by molar-refractivity contribution is 7.13. The minimum absolute atomic E-state index is 0.0742. The molecule has 14 heteroatoms. The second-order valence-corrected chi connectivity index (χ2v) is 20.3. The number of aryl methyl sites for hydroxylation is 1. The third kappa shape index (κ3) is 9.20. The van der Waals surface area contributed by atoms with Crippen LogP contribution in [0.5, 0.6) is 5.75 Å². The summed E-state index contributed by atoms with van der Waals surface area (Å²) in [5, 5.41) is 6.39. The Kier molecular flexibility index (Phi) is 12.7. The molecule has 2 aromatic heterocycles. The second kappa shape index (κ2) is 18.0. The zero-order chi connectivity index (χ0) is 44.6. The van der Waals surface area contributed by atoms with Gasteiger partial charge < -0.3 is 30.1 Å². The van der Waals surface area contributed by atoms with Crippen molar-refractivity contribution in [1.82, 2.24) is 35.3 Å². The minimum Gasteiger partial charge on any atom is -0.492 e. The van der Waals surface area contributed by atoms with Crippen molar-refractivity contribution in [2.75, 3.05) is 50.8 Å². The van der Waals surface area contributed by atoms with E-state index in [0.29, 0.717) is 49.4 Å². The first-order chi connectivity index (χ1) is 30.1. The quantitative estimate of drug-likeness (QED) is 0.144. The summed E-state index contributed by atoms with van der Waals surface area (Å²) in [5.74, 6) is 0.841. The number of hydrogen-bond donors (Lipinski definition) is 2. The smallest absolute Gasteiger partial charge is 0.255 e. The highest BCUT2D eigenvalue weighted by Gasteiger charge is 2.53. The molecule has 2 saturated heterocycles. The first-order valence-electron chi connectivity index (χ1n) is 22.5. The third-order valence-corrected chi connectivity index (χ3v) is 14.5. The number of hydrogen-bond acceptors (Lipinski definition) is 10. The van der Waals surface area contributed by atoms with Gasteiger partial charge in [0.15, 0.2) is 0 Å². The van der Waals surface area contributed by atoms with Gasteiger partial charge in [0, 0.05) is 75.7 Å². The van der Waals surface area contributed by atoms with Crippen molar-refractivity contribution in [1.29, 1.82) is 0 Å². The van der Waals surface area contributed by atoms with Gasteiger partial charge in [0.2, 0.25) is 11.8 Å². The Morgan fingerprint density at radius 1 is 0.952 bits per heavy atom. The van der Waals surface area contributed by atoms with Crippen molar-refractivity contribution in [3.8, 4) is 16.2 Å². The molecule has 4 amide bonds. The Hall–Kier alpha value is -5.34. The lowest BCUT2D eigenvalue weighted by atomic mass is 9.52. The van der Waals surface area contributed by atoms with Crippen LogP contribution in [0.4, 0.5) is 5.82 Å². The molecular formula is C49H62N8O5S. The number of rotatable bonds is 14. The van der Waals surface area contributed by atoms with Crippen LogP contribution in [0.3, 0.4) is 0 Å². The number of pyridine rings is 1. The van der Waals surface area contributed by atoms with Gasteiger partial charge in [-0.2, -0.15) is 0 Å². The largest absolute Gasteiger partial charge is 0.492 e. The molecule has 63 heavy (non-hydrogen) atoms. The normalized spacial score (nSPS) is 20.1. The summed E-state index contributed by atoms with van der Waals surface area (Å²) >= 11 is 1.58. The molecule has 5 heterocycles. The molecule has 2 N–H and O–H groups in total. The van der Waals surface area contributed by atoms with Gasteiger partial charge in [0.25, 0.3) is 11.8 Å². The fraction of sp³-hybridized carbons (Fsp3) is 0.510. The van der Waals surface area contributed by atoms with Crippen LogP contribution in [-0.2, 0) is 22.7 Å². The van der Waals surface area contributed by atoms with E-state index >= 15 is 0 Å². The number of ether oxygens (including phenoxy) is 1. The number of aromatic nitrogens is 2. The number of fused-ring (bicyclic) bond motifs is 1. The summed E-state index contributed by atoms with van der Waals surface area (Å²) in [6.45, 7) is 20.3. The van der Waals surface area contributed by atoms with E-state index in [2.05, 4.69) is 58.1 Å². The number of thiazole rings is 1. The molecule has 13 nitrogen and oxygen atoms in total. The molecule has 0 radical (unpaired) electrons. The van der Waals surface area contributed by atoms with E-state index in [0.717, 1.165) is 72.2 Å². The lowest BCUT2D eigenvalue weighted by Crippen LogP contribution is -2.63. The molecule has 1 saturated carbocycles. The van der Waals surface area contributed by atoms with Crippen LogP contribution >= 0.6 is 11.3 Å². The van der Waals surface area contributed by atoms with Crippen molar-refractivity contribution >= 4 is 40.8 Å². The molecular weight excluding hydrogens is 813 g/mol. The highest BCUT2D eigenvalue weighted by Crippen LogP contribution is 2.53. The molecule has 1 aliphatic carbocycles. The molecule has 4 aromatic rings. The van der Waals surface area contributed by atoms with Gasteiger partial charge in [0.05, 0.1) is 21.6 Å². The van der Waals surface area contributed by atoms with Gasteiger partial charge in [-0.05, 0) is 78.3 Å². The lowest BCUT2D eigenvalue weighted by Gasteiger charge is -2.57. The maximum absolute atomic E-state index is 14.2. The first-order valence-corrected chi connectivity index (χ1v) is 23.4. The number of nitrogens with one attached hydrogen (secondary N) is 2. The minimum atomic E-state index is -0.663. The number of benzene rings is 2. The fourth-order valence-electron chi connectivity index (χ4n) is 10.7. The number of anilines is 1. The lowest BCUT2D eigenvalue weighted by molar-refractivity contribution is -0.143. The van der Waals surface area contributed by atoms with E-state index in [9.17, 15) is 19.2 Å². The number of nitrogens with zero attached hydrogens (tertiary/aromatic N) is 6. The molecule has 8 rings (SSSR count). The SMILES string of the molecule is Cc1ncsc1-c1ccc(CNC(=O)[C@@H]2CCCN2C(=O)[C@H](C(C)C)N2Cc3ccccc3C2=O)c(OCCN2CCN(c3ccc(C(=O)NC4C(C)(C)CC4(C)C)cn3)CC2)c1. The third-order valence-electron chi connectivity index (χ3n) is 13.6. The molecule has 0 unspecified atom stereocenters. The van der Waals surface area contributed by atoms with Crippen molar-refractivity contribution in [3.63, 3.8) is 0 Å². The average Bonchev–Trinajstić information content (AvgIpc) is 4.01. The molecule has 4 aliphatic rings. The molecule has 3 fully saturated rings. The number of carbonyl (C=O) groups excluding carboxylic acids is 4. The van der Waals surface area contributed by atoms with Gasteiger partial charge >= 0.3 is 0 Å². The van der Waals surface area contributed by atoms with Crippen molar-refractivity contribution in [2.45, 2.75) is 98.9 Å². The summed E-state index contributed by atoms with van der Waals surface area (Å²) in [4.78, 5) is 72.9. The van der Waals surface area contributed by atoms with E-state index in [4.69, 9.17) is 4.74 Å². The van der Waals surface area contributed by atoms with Crippen molar-refractivity contribution < 1.29 is 23.9 Å². The monoisotopic (exact) mass is 874 g/mol. The number of amides is 4. The maximum atomic E-state index is 14.2.